The number of nitrogens with one attached hydrogen (secondary N) is 1. The molecule has 1 heterocycles. The summed E-state index contributed by atoms with van der Waals surface area (Å²) in [5.74, 6) is 7.02. The molecule has 2 aromatic rings. The summed E-state index contributed by atoms with van der Waals surface area (Å²) in [7, 11) is 0. The van der Waals surface area contributed by atoms with E-state index in [0.717, 1.165) is 6.42 Å². The first-order valence-corrected chi connectivity index (χ1v) is 7.15. The van der Waals surface area contributed by atoms with Gasteiger partial charge in [0, 0.05) is 23.5 Å². The van der Waals surface area contributed by atoms with Gasteiger partial charge in [0.25, 0.3) is 0 Å². The van der Waals surface area contributed by atoms with Crippen LogP contribution in [0.2, 0.25) is 0 Å². The molecule has 1 saturated carbocycles. The Morgan fingerprint density at radius 1 is 1.39 bits per heavy atom. The molecule has 0 radical (unpaired) electrons. The second-order valence-corrected chi connectivity index (χ2v) is 5.83. The second kappa shape index (κ2) is 5.18. The molecule has 0 bridgehead atoms. The molecule has 0 amide bonds. The Morgan fingerprint density at radius 2 is 2.22 bits per heavy atom. The number of aromatic nitrogens is 1. The van der Waals surface area contributed by atoms with Crippen molar-refractivity contribution < 1.29 is 0 Å². The van der Waals surface area contributed by atoms with Crippen LogP contribution in [0.3, 0.4) is 0 Å². The first-order valence-electron chi connectivity index (χ1n) is 6.27. The fourth-order valence-corrected chi connectivity index (χ4v) is 3.29. The number of benzene rings is 1. The van der Waals surface area contributed by atoms with Gasteiger partial charge in [-0.2, -0.15) is 0 Å². The van der Waals surface area contributed by atoms with Crippen LogP contribution in [0.25, 0.3) is 0 Å². The van der Waals surface area contributed by atoms with Gasteiger partial charge in [0.2, 0.25) is 0 Å². The molecule has 3 atom stereocenters. The topological polar surface area (TPSA) is 50.9 Å². The van der Waals surface area contributed by atoms with Crippen molar-refractivity contribution in [1.29, 1.82) is 0 Å². The molecular formula is C14H17N3S. The van der Waals surface area contributed by atoms with E-state index in [1.807, 2.05) is 11.7 Å². The first kappa shape index (κ1) is 11.8. The molecule has 1 fully saturated rings. The van der Waals surface area contributed by atoms with Crippen molar-refractivity contribution in [1.82, 2.24) is 10.4 Å². The van der Waals surface area contributed by atoms with Crippen LogP contribution in [0.4, 0.5) is 0 Å². The van der Waals surface area contributed by atoms with E-state index in [-0.39, 0.29) is 0 Å². The van der Waals surface area contributed by atoms with Gasteiger partial charge in [-0.25, -0.2) is 0 Å². The average molecular weight is 259 g/mol. The van der Waals surface area contributed by atoms with Crippen molar-refractivity contribution in [3.05, 3.63) is 52.5 Å². The van der Waals surface area contributed by atoms with Gasteiger partial charge in [0.1, 0.15) is 0 Å². The zero-order chi connectivity index (χ0) is 12.4. The van der Waals surface area contributed by atoms with Crippen molar-refractivity contribution >= 4 is 11.3 Å². The van der Waals surface area contributed by atoms with Crippen LogP contribution < -0.4 is 11.3 Å². The van der Waals surface area contributed by atoms with Crippen molar-refractivity contribution in [2.45, 2.75) is 24.8 Å². The van der Waals surface area contributed by atoms with Crippen LogP contribution in [0, 0.1) is 5.92 Å². The summed E-state index contributed by atoms with van der Waals surface area (Å²) < 4.78 is 0. The van der Waals surface area contributed by atoms with Gasteiger partial charge in [-0.05, 0) is 23.8 Å². The molecule has 0 spiro atoms. The zero-order valence-corrected chi connectivity index (χ0v) is 10.9. The normalized spacial score (nSPS) is 23.8. The highest BCUT2D eigenvalue weighted by molar-refractivity contribution is 7.09. The standard InChI is InChI=1S/C14H17N3S/c15-17-14(6-11-8-16-9-18-11)13-7-12(13)10-4-2-1-3-5-10/h1-5,8-9,12-14,17H,6-7,15H2. The van der Waals surface area contributed by atoms with Crippen molar-refractivity contribution in [3.63, 3.8) is 0 Å². The molecular weight excluding hydrogens is 242 g/mol. The van der Waals surface area contributed by atoms with Gasteiger partial charge in [-0.1, -0.05) is 30.3 Å². The van der Waals surface area contributed by atoms with Crippen LogP contribution in [-0.4, -0.2) is 11.0 Å². The highest BCUT2D eigenvalue weighted by Crippen LogP contribution is 2.49. The Bertz CT molecular complexity index is 483. The largest absolute Gasteiger partial charge is 0.271 e. The Kier molecular flexibility index (Phi) is 3.41. The zero-order valence-electron chi connectivity index (χ0n) is 10.1. The Balaban J connectivity index is 1.65. The first-order chi connectivity index (χ1) is 8.88. The van der Waals surface area contributed by atoms with E-state index < -0.39 is 0 Å². The van der Waals surface area contributed by atoms with Crippen molar-refractivity contribution in [2.24, 2.45) is 11.8 Å². The van der Waals surface area contributed by atoms with Gasteiger partial charge in [-0.15, -0.1) is 11.3 Å². The van der Waals surface area contributed by atoms with Gasteiger partial charge < -0.3 is 0 Å². The van der Waals surface area contributed by atoms with E-state index in [4.69, 9.17) is 5.84 Å². The fraction of sp³-hybridized carbons (Fsp3) is 0.357. The van der Waals surface area contributed by atoms with Crippen LogP contribution in [0.15, 0.2) is 42.0 Å². The van der Waals surface area contributed by atoms with E-state index in [0.29, 0.717) is 17.9 Å². The predicted octanol–water partition coefficient (Wildman–Crippen LogP) is 2.32. The monoisotopic (exact) mass is 259 g/mol. The van der Waals surface area contributed by atoms with E-state index >= 15 is 0 Å². The fourth-order valence-electron chi connectivity index (χ4n) is 2.64. The minimum absolute atomic E-state index is 0.357. The minimum atomic E-state index is 0.357. The maximum absolute atomic E-state index is 5.70. The molecule has 3 rings (SSSR count). The van der Waals surface area contributed by atoms with E-state index in [2.05, 4.69) is 40.7 Å². The maximum atomic E-state index is 5.70. The molecule has 1 aliphatic carbocycles. The lowest BCUT2D eigenvalue weighted by molar-refractivity contribution is 0.467. The molecule has 0 saturated heterocycles. The minimum Gasteiger partial charge on any atom is -0.271 e. The Morgan fingerprint density at radius 3 is 2.89 bits per heavy atom. The third kappa shape index (κ3) is 2.46. The van der Waals surface area contributed by atoms with Gasteiger partial charge in [-0.3, -0.25) is 16.3 Å². The Hall–Kier alpha value is -1.23. The summed E-state index contributed by atoms with van der Waals surface area (Å²) in [4.78, 5) is 5.42. The number of rotatable bonds is 5. The van der Waals surface area contributed by atoms with Crippen LogP contribution >= 0.6 is 11.3 Å². The number of hydrazine groups is 1. The average Bonchev–Trinajstić information content (AvgIpc) is 3.05. The molecule has 1 aromatic carbocycles. The molecule has 3 nitrogen and oxygen atoms in total. The van der Waals surface area contributed by atoms with Crippen LogP contribution in [0.1, 0.15) is 22.8 Å². The second-order valence-electron chi connectivity index (χ2n) is 4.86. The summed E-state index contributed by atoms with van der Waals surface area (Å²) >= 11 is 1.70. The van der Waals surface area contributed by atoms with E-state index in [1.165, 1.54) is 16.9 Å². The molecule has 1 aliphatic rings. The lowest BCUT2D eigenvalue weighted by Crippen LogP contribution is -2.38. The van der Waals surface area contributed by atoms with Crippen LogP contribution in [-0.2, 0) is 6.42 Å². The Labute approximate surface area is 111 Å². The molecule has 1 aromatic heterocycles. The SMILES string of the molecule is NNC(Cc1cncs1)C1CC1c1ccccc1. The lowest BCUT2D eigenvalue weighted by atomic mass is 10.0. The number of nitrogens with two attached hydrogens (primary N) is 1. The number of thiazole rings is 1. The van der Waals surface area contributed by atoms with Crippen molar-refractivity contribution in [2.75, 3.05) is 0 Å². The summed E-state index contributed by atoms with van der Waals surface area (Å²) in [5, 5.41) is 0. The van der Waals surface area contributed by atoms with Crippen molar-refractivity contribution in [3.8, 4) is 0 Å². The third-order valence-corrected chi connectivity index (χ3v) is 4.50. The van der Waals surface area contributed by atoms with E-state index in [9.17, 15) is 0 Å². The molecule has 0 aliphatic heterocycles. The molecule has 3 N–H and O–H groups in total. The third-order valence-electron chi connectivity index (χ3n) is 3.70. The maximum Gasteiger partial charge on any atom is 0.0794 e. The van der Waals surface area contributed by atoms with Gasteiger partial charge in [0.15, 0.2) is 0 Å². The quantitative estimate of drug-likeness (QED) is 0.640. The smallest absolute Gasteiger partial charge is 0.0794 e. The molecule has 3 unspecified atom stereocenters. The van der Waals surface area contributed by atoms with Crippen LogP contribution in [0.5, 0.6) is 0 Å². The highest BCUT2D eigenvalue weighted by Gasteiger charge is 2.43. The number of hydrogen-bond donors (Lipinski definition) is 2. The van der Waals surface area contributed by atoms with E-state index in [1.54, 1.807) is 11.3 Å². The molecule has 18 heavy (non-hydrogen) atoms. The summed E-state index contributed by atoms with van der Waals surface area (Å²) in [6.45, 7) is 0. The molecule has 4 heteroatoms. The summed E-state index contributed by atoms with van der Waals surface area (Å²) in [5.41, 5.74) is 6.30. The summed E-state index contributed by atoms with van der Waals surface area (Å²) in [6, 6.07) is 11.1. The predicted molar refractivity (Wildman–Crippen MR) is 74.2 cm³/mol. The van der Waals surface area contributed by atoms with Gasteiger partial charge >= 0.3 is 0 Å². The van der Waals surface area contributed by atoms with Gasteiger partial charge in [0.05, 0.1) is 5.51 Å². The number of hydrogen-bond acceptors (Lipinski definition) is 4. The lowest BCUT2D eigenvalue weighted by Gasteiger charge is -2.14. The number of nitrogens with zero attached hydrogens (tertiary/aromatic N) is 1. The highest BCUT2D eigenvalue weighted by atomic mass is 32.1. The summed E-state index contributed by atoms with van der Waals surface area (Å²) in [6.07, 6.45) is 4.15. The molecule has 94 valence electrons.